The number of rotatable bonds is 6. The zero-order valence-electron chi connectivity index (χ0n) is 20.9. The third kappa shape index (κ3) is 10.9. The van der Waals surface area contributed by atoms with E-state index in [-0.39, 0.29) is 40.7 Å². The molecule has 0 aliphatic carbocycles. The standard InChI is InChI=1S/2C15H13I2NO.Cu/c2*1-10(11-5-3-2-4-6-11)18-9-12-7-13(16)8-14(17)15(12)19;/h2*2-10,19H,1H3;/q;;+2/p-2/t2*10-;/m11./s1. The van der Waals surface area contributed by atoms with Gasteiger partial charge in [0.1, 0.15) is 0 Å². The second-order valence-corrected chi connectivity index (χ2v) is 13.2. The number of benzene rings is 4. The smallest absolute Gasteiger partial charge is 0.871 e. The minimum absolute atomic E-state index is 0. The molecule has 0 fully saturated rings. The molecule has 0 unspecified atom stereocenters. The SMILES string of the molecule is C[C@@H](N=Cc1cc(I)cc(I)c1[O-])c1ccccc1.C[C@@H](N=Cc1cc(I)cc(I)c1[O-])c1ccccc1.[Cu+2]. The molecule has 0 amide bonds. The topological polar surface area (TPSA) is 70.8 Å². The van der Waals surface area contributed by atoms with E-state index in [0.29, 0.717) is 11.1 Å². The normalized spacial score (nSPS) is 12.5. The Kier molecular flexibility index (Phi) is 15.3. The summed E-state index contributed by atoms with van der Waals surface area (Å²) in [6.07, 6.45) is 3.37. The van der Waals surface area contributed by atoms with Crippen molar-refractivity contribution >= 4 is 103 Å². The molecule has 0 spiro atoms. The molecule has 0 aliphatic rings. The number of aliphatic imine (C=N–C) groups is 2. The van der Waals surface area contributed by atoms with Crippen LogP contribution in [0, 0.1) is 14.3 Å². The van der Waals surface area contributed by atoms with Crippen molar-refractivity contribution in [1.82, 2.24) is 0 Å². The Labute approximate surface area is 295 Å². The van der Waals surface area contributed by atoms with Gasteiger partial charge in [-0.2, -0.15) is 0 Å². The van der Waals surface area contributed by atoms with E-state index in [2.05, 4.69) is 100 Å². The van der Waals surface area contributed by atoms with Crippen LogP contribution in [0.3, 0.4) is 0 Å². The van der Waals surface area contributed by atoms with Gasteiger partial charge >= 0.3 is 17.1 Å². The zero-order chi connectivity index (χ0) is 27.7. The second-order valence-electron chi connectivity index (χ2n) is 8.34. The van der Waals surface area contributed by atoms with E-state index < -0.39 is 0 Å². The Bertz CT molecular complexity index is 1310. The fourth-order valence-electron chi connectivity index (χ4n) is 3.37. The van der Waals surface area contributed by atoms with Gasteiger partial charge in [-0.25, -0.2) is 0 Å². The van der Waals surface area contributed by atoms with Gasteiger partial charge in [0, 0.05) is 26.7 Å². The molecule has 0 aliphatic heterocycles. The summed E-state index contributed by atoms with van der Waals surface area (Å²) in [7, 11) is 0. The van der Waals surface area contributed by atoms with Gasteiger partial charge in [-0.3, -0.25) is 9.98 Å². The van der Waals surface area contributed by atoms with E-state index in [0.717, 1.165) is 25.4 Å². The van der Waals surface area contributed by atoms with Gasteiger partial charge in [-0.05, 0) is 151 Å². The summed E-state index contributed by atoms with van der Waals surface area (Å²) in [5.41, 5.74) is 3.59. The molecule has 205 valence electrons. The third-order valence-electron chi connectivity index (χ3n) is 5.51. The van der Waals surface area contributed by atoms with E-state index >= 15 is 0 Å². The first-order chi connectivity index (χ1) is 18.2. The van der Waals surface area contributed by atoms with E-state index in [4.69, 9.17) is 0 Å². The first-order valence-corrected chi connectivity index (χ1v) is 16.0. The fraction of sp³-hybridized carbons (Fsp3) is 0.133. The molecule has 4 aromatic rings. The van der Waals surface area contributed by atoms with Crippen LogP contribution in [0.25, 0.3) is 0 Å². The predicted molar refractivity (Wildman–Crippen MR) is 188 cm³/mol. The summed E-state index contributed by atoms with van der Waals surface area (Å²) >= 11 is 8.55. The van der Waals surface area contributed by atoms with Crippen molar-refractivity contribution < 1.29 is 27.3 Å². The molecule has 0 heterocycles. The van der Waals surface area contributed by atoms with Gasteiger partial charge in [-0.1, -0.05) is 72.2 Å². The number of halogens is 4. The van der Waals surface area contributed by atoms with E-state index in [1.165, 1.54) is 0 Å². The summed E-state index contributed by atoms with van der Waals surface area (Å²) in [6, 6.07) is 27.7. The number of nitrogens with zero attached hydrogens (tertiary/aromatic N) is 2. The third-order valence-corrected chi connectivity index (χ3v) is 8.36. The summed E-state index contributed by atoms with van der Waals surface area (Å²) in [5, 5.41) is 23.9. The summed E-state index contributed by atoms with van der Waals surface area (Å²) < 4.78 is 3.57. The molecular weight excluding hydrogens is 992 g/mol. The largest absolute Gasteiger partial charge is 2.00 e. The maximum atomic E-state index is 12.0. The summed E-state index contributed by atoms with van der Waals surface area (Å²) in [5.74, 6) is 0.0926. The molecule has 0 saturated heterocycles. The molecule has 0 bridgehead atoms. The average Bonchev–Trinajstić information content (AvgIpc) is 2.92. The zero-order valence-corrected chi connectivity index (χ0v) is 30.5. The van der Waals surface area contributed by atoms with Crippen LogP contribution < -0.4 is 10.2 Å². The van der Waals surface area contributed by atoms with Gasteiger partial charge < -0.3 is 10.2 Å². The van der Waals surface area contributed by atoms with Crippen LogP contribution in [0.15, 0.2) is 94.9 Å². The van der Waals surface area contributed by atoms with E-state index in [9.17, 15) is 10.2 Å². The summed E-state index contributed by atoms with van der Waals surface area (Å²) in [4.78, 5) is 8.95. The molecule has 39 heavy (non-hydrogen) atoms. The van der Waals surface area contributed by atoms with Crippen molar-refractivity contribution in [3.8, 4) is 11.5 Å². The van der Waals surface area contributed by atoms with Crippen molar-refractivity contribution in [2.24, 2.45) is 9.98 Å². The Morgan fingerprint density at radius 1 is 0.590 bits per heavy atom. The number of hydrogen-bond acceptors (Lipinski definition) is 4. The van der Waals surface area contributed by atoms with E-state index in [1.54, 1.807) is 12.4 Å². The Hall–Kier alpha value is -0.741. The van der Waals surface area contributed by atoms with E-state index in [1.807, 2.05) is 98.8 Å². The second kappa shape index (κ2) is 17.3. The molecule has 4 rings (SSSR count). The van der Waals surface area contributed by atoms with Crippen molar-refractivity contribution in [1.29, 1.82) is 0 Å². The van der Waals surface area contributed by atoms with Gasteiger partial charge in [0.05, 0.1) is 12.1 Å². The van der Waals surface area contributed by atoms with Crippen molar-refractivity contribution in [3.63, 3.8) is 0 Å². The maximum absolute atomic E-state index is 12.0. The van der Waals surface area contributed by atoms with Crippen molar-refractivity contribution in [2.45, 2.75) is 25.9 Å². The minimum atomic E-state index is 0. The molecule has 0 saturated carbocycles. The molecule has 0 N–H and O–H groups in total. The first-order valence-electron chi connectivity index (χ1n) is 11.6. The molecule has 4 aromatic carbocycles. The van der Waals surface area contributed by atoms with Gasteiger partial charge in [0.25, 0.3) is 0 Å². The van der Waals surface area contributed by atoms with Crippen LogP contribution in [0.5, 0.6) is 11.5 Å². The maximum Gasteiger partial charge on any atom is 2.00 e. The Morgan fingerprint density at radius 2 is 0.923 bits per heavy atom. The fourth-order valence-corrected chi connectivity index (χ4v) is 7.15. The monoisotopic (exact) mass is 1010 g/mol. The molecule has 2 atom stereocenters. The van der Waals surface area contributed by atoms with Gasteiger partial charge in [0.15, 0.2) is 0 Å². The van der Waals surface area contributed by atoms with Gasteiger partial charge in [0.2, 0.25) is 0 Å². The quantitative estimate of drug-likeness (QED) is 0.111. The predicted octanol–water partition coefficient (Wildman–Crippen LogP) is 8.30. The molecule has 0 aromatic heterocycles. The Morgan fingerprint density at radius 3 is 1.26 bits per heavy atom. The molecular formula is C30H24CuI4N2O2. The van der Waals surface area contributed by atoms with Crippen molar-refractivity contribution in [3.05, 3.63) is 121 Å². The van der Waals surface area contributed by atoms with Crippen LogP contribution in [-0.4, -0.2) is 12.4 Å². The minimum Gasteiger partial charge on any atom is -0.871 e. The molecule has 1 radical (unpaired) electrons. The first kappa shape index (κ1) is 34.5. The Balaban J connectivity index is 0.000000267. The van der Waals surface area contributed by atoms with Crippen LogP contribution in [-0.2, 0) is 17.1 Å². The van der Waals surface area contributed by atoms with Crippen LogP contribution in [0.1, 0.15) is 48.2 Å². The molecule has 4 nitrogen and oxygen atoms in total. The average molecular weight is 1020 g/mol. The molecule has 9 heteroatoms. The summed E-state index contributed by atoms with van der Waals surface area (Å²) in [6.45, 7) is 4.05. The number of hydrogen-bond donors (Lipinski definition) is 0. The van der Waals surface area contributed by atoms with Crippen LogP contribution >= 0.6 is 90.4 Å². The van der Waals surface area contributed by atoms with Crippen LogP contribution in [0.2, 0.25) is 0 Å². The van der Waals surface area contributed by atoms with Gasteiger partial charge in [-0.15, -0.1) is 0 Å². The van der Waals surface area contributed by atoms with Crippen LogP contribution in [0.4, 0.5) is 0 Å². The van der Waals surface area contributed by atoms with Crippen molar-refractivity contribution in [2.75, 3.05) is 0 Å².